The highest BCUT2D eigenvalue weighted by atomic mass is 79.9. The van der Waals surface area contributed by atoms with E-state index in [1.54, 1.807) is 6.07 Å². The fourth-order valence-corrected chi connectivity index (χ4v) is 3.14. The summed E-state index contributed by atoms with van der Waals surface area (Å²) in [5.41, 5.74) is 6.46. The highest BCUT2D eigenvalue weighted by molar-refractivity contribution is 9.10. The number of anilines is 1. The van der Waals surface area contributed by atoms with Crippen molar-refractivity contribution in [1.82, 2.24) is 5.43 Å². The van der Waals surface area contributed by atoms with E-state index in [1.165, 1.54) is 6.21 Å². The first-order chi connectivity index (χ1) is 14.9. The summed E-state index contributed by atoms with van der Waals surface area (Å²) < 4.78 is 6.72. The van der Waals surface area contributed by atoms with Crippen LogP contribution in [0.25, 0.3) is 0 Å². The van der Waals surface area contributed by atoms with Gasteiger partial charge in [-0.2, -0.15) is 5.10 Å². The Morgan fingerprint density at radius 3 is 2.55 bits per heavy atom. The smallest absolute Gasteiger partial charge is 0.329 e. The van der Waals surface area contributed by atoms with E-state index in [1.807, 2.05) is 74.5 Å². The van der Waals surface area contributed by atoms with Crippen LogP contribution in [-0.4, -0.2) is 18.0 Å². The molecule has 7 heteroatoms. The summed E-state index contributed by atoms with van der Waals surface area (Å²) in [6.45, 7) is 4.21. The standard InChI is InChI=1S/C24H22BrN3O3/c1-16-7-6-10-21(17(16)2)27-23(29)24(30)28-26-14-19-13-20(25)11-12-22(19)31-15-18-8-4-3-5-9-18/h3-14H,15H2,1-2H3,(H,27,29)(H,28,30)/b26-14-. The highest BCUT2D eigenvalue weighted by Crippen LogP contribution is 2.23. The minimum absolute atomic E-state index is 0.397. The molecule has 2 amide bonds. The van der Waals surface area contributed by atoms with E-state index < -0.39 is 11.8 Å². The first-order valence-corrected chi connectivity index (χ1v) is 10.4. The lowest BCUT2D eigenvalue weighted by atomic mass is 10.1. The van der Waals surface area contributed by atoms with Crippen LogP contribution in [0.1, 0.15) is 22.3 Å². The molecule has 3 rings (SSSR count). The molecule has 3 aromatic carbocycles. The van der Waals surface area contributed by atoms with E-state index in [0.29, 0.717) is 23.6 Å². The first-order valence-electron chi connectivity index (χ1n) is 9.61. The summed E-state index contributed by atoms with van der Waals surface area (Å²) in [5, 5.41) is 6.52. The van der Waals surface area contributed by atoms with Crippen molar-refractivity contribution >= 4 is 39.6 Å². The van der Waals surface area contributed by atoms with Crippen LogP contribution in [-0.2, 0) is 16.2 Å². The van der Waals surface area contributed by atoms with Gasteiger partial charge in [0, 0.05) is 15.7 Å². The number of benzene rings is 3. The van der Waals surface area contributed by atoms with Crippen LogP contribution in [0.2, 0.25) is 0 Å². The third-order valence-electron chi connectivity index (χ3n) is 4.64. The van der Waals surface area contributed by atoms with Gasteiger partial charge in [-0.25, -0.2) is 5.43 Å². The van der Waals surface area contributed by atoms with Crippen LogP contribution in [0.3, 0.4) is 0 Å². The molecule has 0 aliphatic carbocycles. The quantitative estimate of drug-likeness (QED) is 0.304. The fourth-order valence-electron chi connectivity index (χ4n) is 2.76. The molecule has 0 heterocycles. The molecule has 0 fully saturated rings. The lowest BCUT2D eigenvalue weighted by Gasteiger charge is -2.10. The second-order valence-corrected chi connectivity index (χ2v) is 7.77. The summed E-state index contributed by atoms with van der Waals surface area (Å²) in [5.74, 6) is -1.05. The number of halogens is 1. The molecule has 0 spiro atoms. The molecule has 0 bridgehead atoms. The van der Waals surface area contributed by atoms with Gasteiger partial charge in [0.25, 0.3) is 0 Å². The molecule has 0 aromatic heterocycles. The molecule has 0 saturated heterocycles. The van der Waals surface area contributed by atoms with E-state index in [4.69, 9.17) is 4.74 Å². The molecule has 0 atom stereocenters. The Hall–Kier alpha value is -3.45. The van der Waals surface area contributed by atoms with Crippen LogP contribution in [0.4, 0.5) is 5.69 Å². The number of aryl methyl sites for hydroxylation is 1. The zero-order valence-corrected chi connectivity index (χ0v) is 18.8. The largest absolute Gasteiger partial charge is 0.488 e. The second-order valence-electron chi connectivity index (χ2n) is 6.86. The van der Waals surface area contributed by atoms with E-state index in [-0.39, 0.29) is 0 Å². The molecule has 0 aliphatic rings. The van der Waals surface area contributed by atoms with Gasteiger partial charge in [0.15, 0.2) is 0 Å². The van der Waals surface area contributed by atoms with Crippen molar-refractivity contribution in [3.63, 3.8) is 0 Å². The van der Waals surface area contributed by atoms with Crippen LogP contribution < -0.4 is 15.5 Å². The maximum Gasteiger partial charge on any atom is 0.329 e. The van der Waals surface area contributed by atoms with E-state index in [9.17, 15) is 9.59 Å². The van der Waals surface area contributed by atoms with E-state index in [2.05, 4.69) is 31.8 Å². The Morgan fingerprint density at radius 2 is 1.77 bits per heavy atom. The second kappa shape index (κ2) is 10.5. The van der Waals surface area contributed by atoms with E-state index in [0.717, 1.165) is 21.2 Å². The van der Waals surface area contributed by atoms with Gasteiger partial charge in [-0.05, 0) is 54.8 Å². The van der Waals surface area contributed by atoms with Crippen molar-refractivity contribution in [1.29, 1.82) is 0 Å². The van der Waals surface area contributed by atoms with Crippen molar-refractivity contribution in [3.05, 3.63) is 93.5 Å². The molecule has 0 unspecified atom stereocenters. The first kappa shape index (κ1) is 22.2. The molecule has 31 heavy (non-hydrogen) atoms. The predicted molar refractivity (Wildman–Crippen MR) is 125 cm³/mol. The minimum Gasteiger partial charge on any atom is -0.488 e. The third-order valence-corrected chi connectivity index (χ3v) is 5.13. The summed E-state index contributed by atoms with van der Waals surface area (Å²) >= 11 is 3.42. The number of carbonyl (C=O) groups is 2. The number of hydrogen-bond acceptors (Lipinski definition) is 4. The Kier molecular flexibility index (Phi) is 7.56. The van der Waals surface area contributed by atoms with Gasteiger partial charge in [-0.1, -0.05) is 58.4 Å². The summed E-state index contributed by atoms with van der Waals surface area (Å²) in [6, 6.07) is 20.8. The molecule has 0 radical (unpaired) electrons. The number of nitrogens with one attached hydrogen (secondary N) is 2. The Bertz CT molecular complexity index is 1110. The topological polar surface area (TPSA) is 79.8 Å². The van der Waals surface area contributed by atoms with Crippen molar-refractivity contribution in [3.8, 4) is 5.75 Å². The zero-order valence-electron chi connectivity index (χ0n) is 17.2. The molecule has 6 nitrogen and oxygen atoms in total. The molecular weight excluding hydrogens is 458 g/mol. The fraction of sp³-hybridized carbons (Fsp3) is 0.125. The number of hydrogen-bond donors (Lipinski definition) is 2. The summed E-state index contributed by atoms with van der Waals surface area (Å²) in [6.07, 6.45) is 1.44. The number of amides is 2. The average Bonchev–Trinajstić information content (AvgIpc) is 2.77. The number of hydrazone groups is 1. The number of rotatable bonds is 6. The SMILES string of the molecule is Cc1cccc(NC(=O)C(=O)N/N=C\c2cc(Br)ccc2OCc2ccccc2)c1C. The third kappa shape index (κ3) is 6.26. The summed E-state index contributed by atoms with van der Waals surface area (Å²) in [7, 11) is 0. The molecule has 0 aliphatic heterocycles. The van der Waals surface area contributed by atoms with Crippen LogP contribution in [0, 0.1) is 13.8 Å². The minimum atomic E-state index is -0.862. The maximum atomic E-state index is 12.2. The van der Waals surface area contributed by atoms with Gasteiger partial charge >= 0.3 is 11.8 Å². The van der Waals surface area contributed by atoms with Crippen molar-refractivity contribution in [2.75, 3.05) is 5.32 Å². The average molecular weight is 480 g/mol. The number of nitrogens with zero attached hydrogens (tertiary/aromatic N) is 1. The zero-order chi connectivity index (χ0) is 22.2. The molecule has 158 valence electrons. The Labute approximate surface area is 189 Å². The van der Waals surface area contributed by atoms with Crippen LogP contribution in [0.5, 0.6) is 5.75 Å². The number of carbonyl (C=O) groups excluding carboxylic acids is 2. The lowest BCUT2D eigenvalue weighted by Crippen LogP contribution is -2.32. The molecule has 2 N–H and O–H groups in total. The highest BCUT2D eigenvalue weighted by Gasteiger charge is 2.14. The van der Waals surface area contributed by atoms with Gasteiger partial charge in [-0.15, -0.1) is 0 Å². The van der Waals surface area contributed by atoms with Gasteiger partial charge in [0.1, 0.15) is 12.4 Å². The maximum absolute atomic E-state index is 12.2. The van der Waals surface area contributed by atoms with Crippen molar-refractivity contribution in [2.24, 2.45) is 5.10 Å². The van der Waals surface area contributed by atoms with Gasteiger partial charge < -0.3 is 10.1 Å². The van der Waals surface area contributed by atoms with Crippen molar-refractivity contribution in [2.45, 2.75) is 20.5 Å². The van der Waals surface area contributed by atoms with Gasteiger partial charge in [-0.3, -0.25) is 9.59 Å². The van der Waals surface area contributed by atoms with Gasteiger partial charge in [0.2, 0.25) is 0 Å². The normalized spacial score (nSPS) is 10.7. The van der Waals surface area contributed by atoms with E-state index >= 15 is 0 Å². The Morgan fingerprint density at radius 1 is 1.00 bits per heavy atom. The molecule has 0 saturated carbocycles. The van der Waals surface area contributed by atoms with Crippen LogP contribution >= 0.6 is 15.9 Å². The van der Waals surface area contributed by atoms with Gasteiger partial charge in [0.05, 0.1) is 6.21 Å². The monoisotopic (exact) mass is 479 g/mol. The number of ether oxygens (including phenoxy) is 1. The summed E-state index contributed by atoms with van der Waals surface area (Å²) in [4.78, 5) is 24.3. The lowest BCUT2D eigenvalue weighted by molar-refractivity contribution is -0.136. The predicted octanol–water partition coefficient (Wildman–Crippen LogP) is 4.73. The molecule has 3 aromatic rings. The molecular formula is C24H22BrN3O3. The van der Waals surface area contributed by atoms with Crippen molar-refractivity contribution < 1.29 is 14.3 Å². The Balaban J connectivity index is 1.63. The van der Waals surface area contributed by atoms with Crippen LogP contribution in [0.15, 0.2) is 76.3 Å².